The van der Waals surface area contributed by atoms with Crippen LogP contribution in [0.15, 0.2) is 46.0 Å². The third kappa shape index (κ3) is 3.01. The van der Waals surface area contributed by atoms with Crippen LogP contribution in [-0.2, 0) is 0 Å². The van der Waals surface area contributed by atoms with Crippen molar-refractivity contribution in [1.29, 1.82) is 0 Å². The molecule has 7 nitrogen and oxygen atoms in total. The molecule has 0 fully saturated rings. The monoisotopic (exact) mass is 363 g/mol. The predicted molar refractivity (Wildman–Crippen MR) is 84.6 cm³/mol. The Morgan fingerprint density at radius 2 is 1.91 bits per heavy atom. The number of benzene rings is 2. The highest BCUT2D eigenvalue weighted by molar-refractivity contribution is 9.10. The van der Waals surface area contributed by atoms with Crippen molar-refractivity contribution in [2.75, 3.05) is 12.2 Å². The van der Waals surface area contributed by atoms with Crippen LogP contribution in [0.5, 0.6) is 11.5 Å². The van der Waals surface area contributed by atoms with E-state index in [9.17, 15) is 10.1 Å². The molecule has 0 unspecified atom stereocenters. The Labute approximate surface area is 133 Å². The normalized spacial score (nSPS) is 12.6. The minimum atomic E-state index is -0.448. The maximum Gasteiger partial charge on any atom is 0.269 e. The molecule has 0 spiro atoms. The average Bonchev–Trinajstić information content (AvgIpc) is 2.95. The van der Waals surface area contributed by atoms with Crippen LogP contribution in [-0.4, -0.2) is 17.9 Å². The van der Waals surface area contributed by atoms with Gasteiger partial charge in [-0.3, -0.25) is 15.5 Å². The van der Waals surface area contributed by atoms with Crippen molar-refractivity contribution in [2.24, 2.45) is 5.10 Å². The number of rotatable bonds is 4. The van der Waals surface area contributed by atoms with E-state index >= 15 is 0 Å². The Hall–Kier alpha value is -2.61. The summed E-state index contributed by atoms with van der Waals surface area (Å²) < 4.78 is 11.4. The van der Waals surface area contributed by atoms with Gasteiger partial charge in [0.1, 0.15) is 0 Å². The largest absolute Gasteiger partial charge is 0.454 e. The van der Waals surface area contributed by atoms with Gasteiger partial charge in [0.05, 0.1) is 16.8 Å². The van der Waals surface area contributed by atoms with E-state index < -0.39 is 4.92 Å². The molecule has 0 amide bonds. The van der Waals surface area contributed by atoms with Gasteiger partial charge in [0.25, 0.3) is 5.69 Å². The summed E-state index contributed by atoms with van der Waals surface area (Å²) in [5, 5.41) is 14.7. The fourth-order valence-corrected chi connectivity index (χ4v) is 2.29. The highest BCUT2D eigenvalue weighted by atomic mass is 79.9. The number of nitro groups is 1. The molecule has 8 heteroatoms. The van der Waals surface area contributed by atoms with Gasteiger partial charge in [0.15, 0.2) is 11.5 Å². The molecule has 0 atom stereocenters. The fourth-order valence-electron chi connectivity index (χ4n) is 1.87. The summed E-state index contributed by atoms with van der Waals surface area (Å²) in [6.45, 7) is 0.212. The zero-order valence-corrected chi connectivity index (χ0v) is 12.7. The van der Waals surface area contributed by atoms with Gasteiger partial charge in [-0.25, -0.2) is 0 Å². The second-order valence-electron chi connectivity index (χ2n) is 4.40. The first kappa shape index (κ1) is 14.3. The number of nitro benzene ring substituents is 1. The third-order valence-electron chi connectivity index (χ3n) is 2.97. The molecule has 3 rings (SSSR count). The molecule has 112 valence electrons. The molecule has 1 heterocycles. The highest BCUT2D eigenvalue weighted by Crippen LogP contribution is 2.36. The molecule has 1 aliphatic rings. The van der Waals surface area contributed by atoms with E-state index in [-0.39, 0.29) is 12.5 Å². The van der Waals surface area contributed by atoms with Gasteiger partial charge in [-0.2, -0.15) is 5.10 Å². The summed E-state index contributed by atoms with van der Waals surface area (Å²) >= 11 is 3.43. The molecule has 0 saturated carbocycles. The maximum atomic E-state index is 10.6. The van der Waals surface area contributed by atoms with Gasteiger partial charge in [0.2, 0.25) is 6.79 Å². The van der Waals surface area contributed by atoms with Gasteiger partial charge in [0, 0.05) is 22.2 Å². The molecular formula is C14H10BrN3O4. The van der Waals surface area contributed by atoms with Crippen molar-refractivity contribution in [2.45, 2.75) is 0 Å². The molecule has 0 bridgehead atoms. The second kappa shape index (κ2) is 6.02. The SMILES string of the molecule is O=[N+]([O-])c1ccc(N/N=C/c2cc3c(cc2Br)OCO3)cc1. The van der Waals surface area contributed by atoms with Crippen LogP contribution in [0.25, 0.3) is 0 Å². The summed E-state index contributed by atoms with van der Waals surface area (Å²) in [5.74, 6) is 1.35. The number of ether oxygens (including phenoxy) is 2. The minimum Gasteiger partial charge on any atom is -0.454 e. The summed E-state index contributed by atoms with van der Waals surface area (Å²) in [4.78, 5) is 10.1. The van der Waals surface area contributed by atoms with Crippen molar-refractivity contribution >= 4 is 33.5 Å². The third-order valence-corrected chi connectivity index (χ3v) is 3.65. The van der Waals surface area contributed by atoms with Gasteiger partial charge in [-0.05, 0) is 40.2 Å². The Morgan fingerprint density at radius 1 is 1.23 bits per heavy atom. The molecule has 0 aliphatic carbocycles. The van der Waals surface area contributed by atoms with Gasteiger partial charge in [-0.15, -0.1) is 0 Å². The molecule has 22 heavy (non-hydrogen) atoms. The highest BCUT2D eigenvalue weighted by Gasteiger charge is 2.15. The van der Waals surface area contributed by atoms with Crippen molar-refractivity contribution in [3.63, 3.8) is 0 Å². The molecule has 0 radical (unpaired) electrons. The van der Waals surface area contributed by atoms with E-state index in [4.69, 9.17) is 9.47 Å². The number of hydrazone groups is 1. The van der Waals surface area contributed by atoms with Gasteiger partial charge >= 0.3 is 0 Å². The molecular weight excluding hydrogens is 354 g/mol. The fraction of sp³-hybridized carbons (Fsp3) is 0.0714. The van der Waals surface area contributed by atoms with Crippen LogP contribution < -0.4 is 14.9 Å². The van der Waals surface area contributed by atoms with E-state index in [2.05, 4.69) is 26.5 Å². The molecule has 1 N–H and O–H groups in total. The average molecular weight is 364 g/mol. The Kier molecular flexibility index (Phi) is 3.92. The number of fused-ring (bicyclic) bond motifs is 1. The lowest BCUT2D eigenvalue weighted by molar-refractivity contribution is -0.384. The van der Waals surface area contributed by atoms with E-state index in [1.54, 1.807) is 18.3 Å². The van der Waals surface area contributed by atoms with Crippen molar-refractivity contribution in [3.8, 4) is 11.5 Å². The number of nitrogens with one attached hydrogen (secondary N) is 1. The summed E-state index contributed by atoms with van der Waals surface area (Å²) in [6, 6.07) is 9.63. The number of anilines is 1. The van der Waals surface area contributed by atoms with Crippen molar-refractivity contribution in [3.05, 3.63) is 56.5 Å². The molecule has 0 saturated heterocycles. The first-order chi connectivity index (χ1) is 10.6. The predicted octanol–water partition coefficient (Wildman–Crippen LogP) is 3.53. The summed E-state index contributed by atoms with van der Waals surface area (Å²) in [6.07, 6.45) is 1.62. The zero-order valence-electron chi connectivity index (χ0n) is 11.2. The first-order valence-electron chi connectivity index (χ1n) is 6.26. The molecule has 1 aliphatic heterocycles. The lowest BCUT2D eigenvalue weighted by atomic mass is 10.2. The quantitative estimate of drug-likeness (QED) is 0.510. The number of hydrogen-bond acceptors (Lipinski definition) is 6. The summed E-state index contributed by atoms with van der Waals surface area (Å²) in [5.41, 5.74) is 4.31. The molecule has 2 aromatic rings. The van der Waals surface area contributed by atoms with Gasteiger partial charge < -0.3 is 9.47 Å². The van der Waals surface area contributed by atoms with Crippen molar-refractivity contribution < 1.29 is 14.4 Å². The van der Waals surface area contributed by atoms with Crippen molar-refractivity contribution in [1.82, 2.24) is 0 Å². The van der Waals surface area contributed by atoms with Crippen LogP contribution in [0.2, 0.25) is 0 Å². The second-order valence-corrected chi connectivity index (χ2v) is 5.26. The zero-order chi connectivity index (χ0) is 15.5. The number of hydrogen-bond donors (Lipinski definition) is 1. The minimum absolute atomic E-state index is 0.0352. The van der Waals surface area contributed by atoms with E-state index in [1.165, 1.54) is 12.1 Å². The first-order valence-corrected chi connectivity index (χ1v) is 7.05. The number of nitrogens with zero attached hydrogens (tertiary/aromatic N) is 2. The molecule has 2 aromatic carbocycles. The number of halogens is 1. The van der Waals surface area contributed by atoms with Crippen LogP contribution in [0.4, 0.5) is 11.4 Å². The topological polar surface area (TPSA) is 86.0 Å². The van der Waals surface area contributed by atoms with E-state index in [0.717, 1.165) is 10.0 Å². The Bertz CT molecular complexity index is 746. The van der Waals surface area contributed by atoms with Crippen LogP contribution >= 0.6 is 15.9 Å². The summed E-state index contributed by atoms with van der Waals surface area (Å²) in [7, 11) is 0. The Morgan fingerprint density at radius 3 is 2.59 bits per heavy atom. The van der Waals surface area contributed by atoms with Gasteiger partial charge in [-0.1, -0.05) is 0 Å². The van der Waals surface area contributed by atoms with Crippen LogP contribution in [0.3, 0.4) is 0 Å². The Balaban J connectivity index is 1.71. The lowest BCUT2D eigenvalue weighted by Gasteiger charge is -2.02. The van der Waals surface area contributed by atoms with Crippen LogP contribution in [0.1, 0.15) is 5.56 Å². The standard InChI is InChI=1S/C14H10BrN3O4/c15-12-6-14-13(21-8-22-14)5-9(12)7-16-17-10-1-3-11(4-2-10)18(19)20/h1-7,17H,8H2/b16-7+. The smallest absolute Gasteiger partial charge is 0.269 e. The molecule has 0 aromatic heterocycles. The van der Waals surface area contributed by atoms with E-state index in [0.29, 0.717) is 17.2 Å². The maximum absolute atomic E-state index is 10.6. The van der Waals surface area contributed by atoms with Crippen LogP contribution in [0, 0.1) is 10.1 Å². The van der Waals surface area contributed by atoms with E-state index in [1.807, 2.05) is 12.1 Å². The number of non-ortho nitro benzene ring substituents is 1. The lowest BCUT2D eigenvalue weighted by Crippen LogP contribution is -1.93.